The van der Waals surface area contributed by atoms with Crippen LogP contribution in [0.4, 0.5) is 5.82 Å². The highest BCUT2D eigenvalue weighted by atomic mass is 16.3. The summed E-state index contributed by atoms with van der Waals surface area (Å²) in [5, 5.41) is 18.6. The van der Waals surface area contributed by atoms with Crippen LogP contribution in [0.3, 0.4) is 0 Å². The molecule has 1 aromatic rings. The molecule has 3 aliphatic rings. The van der Waals surface area contributed by atoms with Gasteiger partial charge in [0.15, 0.2) is 0 Å². The van der Waals surface area contributed by atoms with Gasteiger partial charge in [0.05, 0.1) is 17.8 Å². The molecule has 1 unspecified atom stereocenters. The summed E-state index contributed by atoms with van der Waals surface area (Å²) in [6.07, 6.45) is 14.2. The molecule has 3 atom stereocenters. The Labute approximate surface area is 173 Å². The number of hydrogen-bond acceptors (Lipinski definition) is 4. The van der Waals surface area contributed by atoms with E-state index in [1.165, 1.54) is 0 Å². The number of anilines is 1. The summed E-state index contributed by atoms with van der Waals surface area (Å²) < 4.78 is 1.98. The van der Waals surface area contributed by atoms with Crippen molar-refractivity contribution in [2.24, 2.45) is 5.92 Å². The molecule has 1 aliphatic carbocycles. The van der Waals surface area contributed by atoms with Gasteiger partial charge in [-0.05, 0) is 46.0 Å². The van der Waals surface area contributed by atoms with Gasteiger partial charge in [-0.2, -0.15) is 5.10 Å². The van der Waals surface area contributed by atoms with E-state index in [0.29, 0.717) is 24.4 Å². The highest BCUT2D eigenvalue weighted by molar-refractivity contribution is 5.99. The van der Waals surface area contributed by atoms with Gasteiger partial charge in [-0.15, -0.1) is 0 Å². The lowest BCUT2D eigenvalue weighted by Crippen LogP contribution is -2.48. The Balaban J connectivity index is 1.67. The first-order chi connectivity index (χ1) is 13.8. The Hall–Kier alpha value is -2.08. The van der Waals surface area contributed by atoms with Gasteiger partial charge in [-0.25, -0.2) is 4.68 Å². The molecular weight excluding hydrogens is 364 g/mol. The van der Waals surface area contributed by atoms with Gasteiger partial charge < -0.3 is 15.3 Å². The number of amides is 1. The van der Waals surface area contributed by atoms with E-state index >= 15 is 0 Å². The van der Waals surface area contributed by atoms with Crippen molar-refractivity contribution in [1.29, 1.82) is 0 Å². The van der Waals surface area contributed by atoms with Crippen molar-refractivity contribution in [1.82, 2.24) is 14.7 Å². The third-order valence-corrected chi connectivity index (χ3v) is 7.29. The monoisotopic (exact) mass is 398 g/mol. The number of likely N-dealkylation sites (tertiary alicyclic amines) is 1. The molecule has 3 heterocycles. The average molecular weight is 399 g/mol. The van der Waals surface area contributed by atoms with Gasteiger partial charge in [-0.3, -0.25) is 4.79 Å². The first-order valence-corrected chi connectivity index (χ1v) is 11.0. The summed E-state index contributed by atoms with van der Waals surface area (Å²) in [4.78, 5) is 15.5. The van der Waals surface area contributed by atoms with Crippen LogP contribution in [0.2, 0.25) is 0 Å². The van der Waals surface area contributed by atoms with Crippen molar-refractivity contribution in [2.45, 2.75) is 83.0 Å². The van der Waals surface area contributed by atoms with Gasteiger partial charge in [-0.1, -0.05) is 38.2 Å². The summed E-state index contributed by atoms with van der Waals surface area (Å²) in [7, 11) is 0. The second-order valence-corrected chi connectivity index (χ2v) is 9.50. The molecule has 0 radical (unpaired) electrons. The van der Waals surface area contributed by atoms with Crippen LogP contribution >= 0.6 is 0 Å². The van der Waals surface area contributed by atoms with Gasteiger partial charge in [0.1, 0.15) is 11.4 Å². The maximum Gasteiger partial charge on any atom is 0.259 e. The molecule has 0 aromatic carbocycles. The fourth-order valence-electron chi connectivity index (χ4n) is 5.49. The van der Waals surface area contributed by atoms with E-state index < -0.39 is 6.10 Å². The molecule has 2 aliphatic heterocycles. The molecule has 29 heavy (non-hydrogen) atoms. The van der Waals surface area contributed by atoms with E-state index in [2.05, 4.69) is 62.4 Å². The number of carbonyl (C=O) groups excluding carboxylic acids is 1. The number of nitrogens with one attached hydrogen (secondary N) is 1. The molecule has 0 bridgehead atoms. The van der Waals surface area contributed by atoms with Gasteiger partial charge in [0.2, 0.25) is 0 Å². The number of carbonyl (C=O) groups is 1. The summed E-state index contributed by atoms with van der Waals surface area (Å²) in [5.41, 5.74) is 0.181. The summed E-state index contributed by atoms with van der Waals surface area (Å²) >= 11 is 0. The molecular formula is C23H34N4O2. The van der Waals surface area contributed by atoms with E-state index in [4.69, 9.17) is 0 Å². The third kappa shape index (κ3) is 3.31. The number of rotatable bonds is 4. The predicted molar refractivity (Wildman–Crippen MR) is 115 cm³/mol. The first kappa shape index (κ1) is 20.2. The predicted octanol–water partition coefficient (Wildman–Crippen LogP) is 3.70. The molecule has 158 valence electrons. The fourth-order valence-corrected chi connectivity index (χ4v) is 5.49. The van der Waals surface area contributed by atoms with Crippen molar-refractivity contribution >= 4 is 11.7 Å². The quantitative estimate of drug-likeness (QED) is 0.811. The molecule has 0 spiro atoms. The Morgan fingerprint density at radius 1 is 1.28 bits per heavy atom. The van der Waals surface area contributed by atoms with Gasteiger partial charge in [0, 0.05) is 24.0 Å². The molecule has 0 saturated carbocycles. The van der Waals surface area contributed by atoms with Crippen LogP contribution in [0.1, 0.15) is 70.2 Å². The topological polar surface area (TPSA) is 70.4 Å². The number of β-amino-alcohol motifs (C(OH)–C–C–N with tert-alkyl or cyclic N) is 1. The SMILES string of the molecule is CCC1(CC)C[C@@H](O)CN1C(=O)c1cnn2c1N[C@@H](C1C=CC=CC1)CC2(C)C. The number of nitrogens with zero attached hydrogens (tertiary/aromatic N) is 3. The van der Waals surface area contributed by atoms with Crippen molar-refractivity contribution in [3.63, 3.8) is 0 Å². The Bertz CT molecular complexity index is 834. The molecule has 6 nitrogen and oxygen atoms in total. The van der Waals surface area contributed by atoms with Crippen LogP contribution in [0, 0.1) is 5.92 Å². The van der Waals surface area contributed by atoms with Crippen LogP contribution in [-0.4, -0.2) is 49.9 Å². The molecule has 2 N–H and O–H groups in total. The lowest BCUT2D eigenvalue weighted by atomic mass is 9.83. The molecule has 1 fully saturated rings. The number of fused-ring (bicyclic) bond motifs is 1. The number of aromatic nitrogens is 2. The number of allylic oxidation sites excluding steroid dienone is 3. The molecule has 1 aromatic heterocycles. The van der Waals surface area contributed by atoms with Crippen LogP contribution in [0.15, 0.2) is 30.5 Å². The van der Waals surface area contributed by atoms with Crippen LogP contribution in [-0.2, 0) is 5.54 Å². The van der Waals surface area contributed by atoms with E-state index in [-0.39, 0.29) is 23.0 Å². The minimum Gasteiger partial charge on any atom is -0.391 e. The second kappa shape index (κ2) is 7.31. The largest absolute Gasteiger partial charge is 0.391 e. The molecule has 1 amide bonds. The zero-order valence-electron chi connectivity index (χ0n) is 18.1. The summed E-state index contributed by atoms with van der Waals surface area (Å²) in [6.45, 7) is 8.99. The normalized spacial score (nSPS) is 29.6. The molecule has 6 heteroatoms. The van der Waals surface area contributed by atoms with E-state index in [9.17, 15) is 9.90 Å². The molecule has 1 saturated heterocycles. The van der Waals surface area contributed by atoms with Crippen LogP contribution < -0.4 is 5.32 Å². The van der Waals surface area contributed by atoms with E-state index in [0.717, 1.165) is 31.5 Å². The van der Waals surface area contributed by atoms with Crippen molar-refractivity contribution in [3.8, 4) is 0 Å². The van der Waals surface area contributed by atoms with Crippen LogP contribution in [0.5, 0.6) is 0 Å². The fraction of sp³-hybridized carbons (Fsp3) is 0.652. The Morgan fingerprint density at radius 2 is 2.03 bits per heavy atom. The van der Waals surface area contributed by atoms with Crippen LogP contribution in [0.25, 0.3) is 0 Å². The standard InChI is InChI=1S/C23H34N4O2/c1-5-23(6-2)12-17(28)15-26(23)21(29)18-14-24-27-20(18)25-19(13-22(27,3)4)16-10-8-7-9-11-16/h7-10,14,16-17,19,25,28H,5-6,11-13,15H2,1-4H3/t16?,17-,19-/m1/s1. The summed E-state index contributed by atoms with van der Waals surface area (Å²) in [5.74, 6) is 1.21. The van der Waals surface area contributed by atoms with E-state index in [1.807, 2.05) is 9.58 Å². The number of aliphatic hydroxyl groups is 1. The number of hydrogen-bond donors (Lipinski definition) is 2. The first-order valence-electron chi connectivity index (χ1n) is 11.0. The smallest absolute Gasteiger partial charge is 0.259 e. The maximum absolute atomic E-state index is 13.6. The van der Waals surface area contributed by atoms with Crippen molar-refractivity contribution in [3.05, 3.63) is 36.1 Å². The van der Waals surface area contributed by atoms with Gasteiger partial charge in [0.25, 0.3) is 5.91 Å². The highest BCUT2D eigenvalue weighted by Gasteiger charge is 2.47. The zero-order chi connectivity index (χ0) is 20.8. The van der Waals surface area contributed by atoms with E-state index in [1.54, 1.807) is 6.20 Å². The van der Waals surface area contributed by atoms with Crippen molar-refractivity contribution < 1.29 is 9.90 Å². The zero-order valence-corrected chi connectivity index (χ0v) is 18.1. The van der Waals surface area contributed by atoms with Gasteiger partial charge >= 0.3 is 0 Å². The third-order valence-electron chi connectivity index (χ3n) is 7.29. The Kier molecular flexibility index (Phi) is 5.09. The average Bonchev–Trinajstić information content (AvgIpc) is 3.29. The van der Waals surface area contributed by atoms with Crippen molar-refractivity contribution in [2.75, 3.05) is 11.9 Å². The number of aliphatic hydroxyl groups excluding tert-OH is 1. The maximum atomic E-state index is 13.6. The lowest BCUT2D eigenvalue weighted by Gasteiger charge is -2.41. The lowest BCUT2D eigenvalue weighted by molar-refractivity contribution is 0.0569. The minimum atomic E-state index is -0.457. The second-order valence-electron chi connectivity index (χ2n) is 9.50. The Morgan fingerprint density at radius 3 is 2.69 bits per heavy atom. The highest BCUT2D eigenvalue weighted by Crippen LogP contribution is 2.41. The summed E-state index contributed by atoms with van der Waals surface area (Å²) in [6, 6.07) is 0.258. The minimum absolute atomic E-state index is 0.0190. The molecule has 4 rings (SSSR count).